The number of nitro groups is 1. The number of aliphatic hydroxyl groups is 1. The van der Waals surface area contributed by atoms with Crippen molar-refractivity contribution in [2.45, 2.75) is 90.1 Å². The number of β-lactam (4-membered cyclic amide) rings is 1. The zero-order valence-corrected chi connectivity index (χ0v) is 31.2. The number of ketones is 1. The summed E-state index contributed by atoms with van der Waals surface area (Å²) in [5.74, 6) is -3.24. The molecule has 0 spiro atoms. The molecule has 1 aromatic carbocycles. The van der Waals surface area contributed by atoms with Crippen LogP contribution in [0, 0.1) is 22.0 Å². The molecule has 2 aromatic heterocycles. The van der Waals surface area contributed by atoms with Crippen molar-refractivity contribution in [3.05, 3.63) is 68.7 Å². The average molecular weight is 740 g/mol. The van der Waals surface area contributed by atoms with Crippen LogP contribution in [0.25, 0.3) is 10.4 Å². The molecule has 0 saturated carbocycles. The van der Waals surface area contributed by atoms with Gasteiger partial charge in [0.05, 0.1) is 34.0 Å². The number of hydrogen-bond donors (Lipinski definition) is 2. The van der Waals surface area contributed by atoms with Crippen molar-refractivity contribution in [3.63, 3.8) is 0 Å². The van der Waals surface area contributed by atoms with E-state index in [9.17, 15) is 39.5 Å². The molecule has 0 aliphatic carbocycles. The van der Waals surface area contributed by atoms with Gasteiger partial charge in [0, 0.05) is 42.8 Å². The lowest BCUT2D eigenvalue weighted by Crippen LogP contribution is -2.63. The first kappa shape index (κ1) is 36.3. The van der Waals surface area contributed by atoms with Gasteiger partial charge in [-0.25, -0.2) is 14.6 Å². The molecule has 2 saturated heterocycles. The third-order valence-corrected chi connectivity index (χ3v) is 16.3. The Morgan fingerprint density at radius 2 is 1.86 bits per heavy atom. The zero-order chi connectivity index (χ0) is 37.3. The number of imidazole rings is 1. The minimum atomic E-state index is -2.31. The second-order valence-corrected chi connectivity index (χ2v) is 20.8. The van der Waals surface area contributed by atoms with Crippen molar-refractivity contribution in [1.82, 2.24) is 19.2 Å². The first-order chi connectivity index (χ1) is 23.8. The highest BCUT2D eigenvalue weighted by atomic mass is 32.1. The second kappa shape index (κ2) is 12.9. The maximum Gasteiger partial charge on any atom is 0.410 e. The number of Topliss-reactive ketones (excluding diaryl/α,β-unsaturated/α-hetero) is 1. The van der Waals surface area contributed by atoms with E-state index in [0.29, 0.717) is 20.8 Å². The van der Waals surface area contributed by atoms with Crippen LogP contribution in [0.15, 0.2) is 42.5 Å². The van der Waals surface area contributed by atoms with Gasteiger partial charge in [0.25, 0.3) is 5.69 Å². The van der Waals surface area contributed by atoms with Crippen molar-refractivity contribution >= 4 is 59.5 Å². The number of nitro benzene ring substituents is 1. The summed E-state index contributed by atoms with van der Waals surface area (Å²) in [7, 11) is -2.31. The van der Waals surface area contributed by atoms with Crippen LogP contribution in [0.3, 0.4) is 0 Å². The van der Waals surface area contributed by atoms with Gasteiger partial charge in [0.15, 0.2) is 8.32 Å². The molecule has 2 amide bonds. The molecule has 2 fully saturated rings. The molecule has 0 bridgehead atoms. The highest BCUT2D eigenvalue weighted by Crippen LogP contribution is 2.51. The van der Waals surface area contributed by atoms with E-state index < -0.39 is 73.1 Å². The summed E-state index contributed by atoms with van der Waals surface area (Å²) in [6.45, 7) is 13.8. The summed E-state index contributed by atoms with van der Waals surface area (Å²) in [5, 5.41) is 31.3. The number of likely N-dealkylation sites (tertiary alicyclic amines) is 1. The number of carboxylic acid groups (broad SMARTS) is 1. The van der Waals surface area contributed by atoms with E-state index in [0.717, 1.165) is 0 Å². The topological polar surface area (TPSA) is 194 Å². The Morgan fingerprint density at radius 3 is 2.45 bits per heavy atom. The average Bonchev–Trinajstić information content (AvgIpc) is 3.79. The maximum atomic E-state index is 14.3. The van der Waals surface area contributed by atoms with Gasteiger partial charge < -0.3 is 24.3 Å². The summed E-state index contributed by atoms with van der Waals surface area (Å²) in [6, 6.07) is 4.16. The standard InChI is InChI=1S/C34H41N5O10SSi/c1-17-24(28(32(43)44)38-27(17)25(18(2)40)30(38)42)23-14-36-16-35-26(31(36)50-23)29(41)22-12-21(49-51(6,7)34(3,4)5)13-37(22)33(45)48-15-19-8-10-20(11-9-19)39(46)47/h8-11,14,16-18,21-22,25,27,40H,12-13,15H2,1-7H3,(H,43,44)/t17-,18+,21+,22-,25+,27+/m0/s1. The number of carbonyl (C=O) groups is 4. The van der Waals surface area contributed by atoms with Crippen molar-refractivity contribution in [3.8, 4) is 0 Å². The van der Waals surface area contributed by atoms with Crippen LogP contribution in [0.1, 0.15) is 62.0 Å². The Hall–Kier alpha value is -4.45. The summed E-state index contributed by atoms with van der Waals surface area (Å²) < 4.78 is 13.9. The Morgan fingerprint density at radius 1 is 1.20 bits per heavy atom. The smallest absolute Gasteiger partial charge is 0.410 e. The fourth-order valence-corrected chi connectivity index (χ4v) is 9.59. The van der Waals surface area contributed by atoms with E-state index >= 15 is 0 Å². The number of rotatable bonds is 10. The molecule has 6 atom stereocenters. The largest absolute Gasteiger partial charge is 0.477 e. The van der Waals surface area contributed by atoms with E-state index in [-0.39, 0.29) is 41.7 Å². The predicted octanol–water partition coefficient (Wildman–Crippen LogP) is 4.94. The molecule has 51 heavy (non-hydrogen) atoms. The number of aromatic nitrogens is 2. The minimum Gasteiger partial charge on any atom is -0.477 e. The van der Waals surface area contributed by atoms with E-state index in [4.69, 9.17) is 9.16 Å². The Labute approximate surface area is 298 Å². The first-order valence-electron chi connectivity index (χ1n) is 16.7. The number of benzene rings is 1. The van der Waals surface area contributed by atoms with Gasteiger partial charge in [-0.2, -0.15) is 0 Å². The number of amides is 2. The van der Waals surface area contributed by atoms with Crippen molar-refractivity contribution < 1.29 is 43.5 Å². The number of carbonyl (C=O) groups excluding carboxylic acids is 3. The van der Waals surface area contributed by atoms with Gasteiger partial charge >= 0.3 is 12.1 Å². The number of carboxylic acids is 1. The van der Waals surface area contributed by atoms with E-state index in [1.54, 1.807) is 10.6 Å². The number of ether oxygens (including phenoxy) is 1. The Balaban J connectivity index is 1.29. The molecule has 6 rings (SSSR count). The van der Waals surface area contributed by atoms with E-state index in [2.05, 4.69) is 38.8 Å². The highest BCUT2D eigenvalue weighted by Gasteiger charge is 2.60. The lowest BCUT2D eigenvalue weighted by molar-refractivity contribution is -0.384. The van der Waals surface area contributed by atoms with Crippen molar-refractivity contribution in [2.24, 2.45) is 11.8 Å². The third-order valence-electron chi connectivity index (χ3n) is 10.7. The minimum absolute atomic E-state index is 0.0933. The molecule has 5 heterocycles. The van der Waals surface area contributed by atoms with Crippen LogP contribution in [0.2, 0.25) is 18.1 Å². The summed E-state index contributed by atoms with van der Waals surface area (Å²) >= 11 is 1.17. The number of hydrogen-bond acceptors (Lipinski definition) is 11. The second-order valence-electron chi connectivity index (χ2n) is 15.0. The number of aliphatic carboxylic acids is 1. The van der Waals surface area contributed by atoms with Gasteiger partial charge in [0.2, 0.25) is 11.7 Å². The van der Waals surface area contributed by atoms with Crippen LogP contribution in [0.5, 0.6) is 0 Å². The fourth-order valence-electron chi connectivity index (χ4n) is 7.01. The highest BCUT2D eigenvalue weighted by molar-refractivity contribution is 7.18. The van der Waals surface area contributed by atoms with Crippen molar-refractivity contribution in [2.75, 3.05) is 6.54 Å². The number of fused-ring (bicyclic) bond motifs is 2. The Kier molecular flexibility index (Phi) is 9.23. The number of non-ortho nitro benzene ring substituents is 1. The Bertz CT molecular complexity index is 1960. The molecule has 3 aliphatic rings. The number of thiazole rings is 1. The number of nitrogens with zero attached hydrogens (tertiary/aromatic N) is 5. The first-order valence-corrected chi connectivity index (χ1v) is 20.4. The van der Waals surface area contributed by atoms with Crippen LogP contribution in [-0.4, -0.2) is 97.2 Å². The maximum absolute atomic E-state index is 14.3. The monoisotopic (exact) mass is 739 g/mol. The van der Waals surface area contributed by atoms with Crippen LogP contribution >= 0.6 is 11.3 Å². The van der Waals surface area contributed by atoms with Crippen LogP contribution in [0.4, 0.5) is 10.5 Å². The normalized spacial score (nSPS) is 24.2. The van der Waals surface area contributed by atoms with Crippen LogP contribution < -0.4 is 0 Å². The molecule has 15 nitrogen and oxygen atoms in total. The van der Waals surface area contributed by atoms with Crippen LogP contribution in [-0.2, 0) is 25.4 Å². The molecule has 3 aromatic rings. The molecule has 2 N–H and O–H groups in total. The lowest BCUT2D eigenvalue weighted by Gasteiger charge is -2.46. The lowest BCUT2D eigenvalue weighted by atomic mass is 9.77. The molecule has 272 valence electrons. The number of aliphatic hydroxyl groups excluding tert-OH is 1. The molecule has 3 aliphatic heterocycles. The SMILES string of the molecule is C[C@@H](O)[C@H]1C(=O)N2C(C(=O)O)=C(c3cn4cnc(C(=O)[C@@H]5C[C@@H](O[Si](C)(C)C(C)(C)C)CN5C(=O)OCc5ccc([N+](=O)[O-])cc5)c4s3)[C@H](C)[C@H]12. The van der Waals surface area contributed by atoms with E-state index in [1.807, 2.05) is 6.92 Å². The molecular weight excluding hydrogens is 699 g/mol. The third kappa shape index (κ3) is 6.25. The summed E-state index contributed by atoms with van der Waals surface area (Å²) in [4.78, 5) is 71.8. The molecular formula is C34H41N5O10SSi. The predicted molar refractivity (Wildman–Crippen MR) is 187 cm³/mol. The molecule has 17 heteroatoms. The molecule has 0 radical (unpaired) electrons. The van der Waals surface area contributed by atoms with Gasteiger partial charge in [-0.05, 0) is 42.8 Å². The van der Waals surface area contributed by atoms with Crippen molar-refractivity contribution in [1.29, 1.82) is 0 Å². The van der Waals surface area contributed by atoms with E-state index in [1.165, 1.54) is 58.7 Å². The summed E-state index contributed by atoms with van der Waals surface area (Å²) in [5.41, 5.74) is 0.847. The van der Waals surface area contributed by atoms with Gasteiger partial charge in [-0.15, -0.1) is 11.3 Å². The zero-order valence-electron chi connectivity index (χ0n) is 29.4. The quantitative estimate of drug-likeness (QED) is 0.0940. The fraction of sp³-hybridized carbons (Fsp3) is 0.500. The van der Waals surface area contributed by atoms with Gasteiger partial charge in [-0.3, -0.25) is 29.0 Å². The van der Waals surface area contributed by atoms with Gasteiger partial charge in [-0.1, -0.05) is 27.7 Å². The molecule has 0 unspecified atom stereocenters. The summed E-state index contributed by atoms with van der Waals surface area (Å²) in [6.07, 6.45) is 1.21. The van der Waals surface area contributed by atoms with Gasteiger partial charge in [0.1, 0.15) is 35.2 Å².